The molecule has 0 aliphatic carbocycles. The van der Waals surface area contributed by atoms with Crippen LogP contribution in [0.2, 0.25) is 0 Å². The van der Waals surface area contributed by atoms with E-state index >= 15 is 0 Å². The molecule has 21 heavy (non-hydrogen) atoms. The predicted octanol–water partition coefficient (Wildman–Crippen LogP) is 1.92. The number of aryl methyl sites for hydroxylation is 1. The molecule has 0 unspecified atom stereocenters. The number of amides is 1. The summed E-state index contributed by atoms with van der Waals surface area (Å²) in [6.07, 6.45) is 1.81. The number of anilines is 1. The SMILES string of the molecule is Cn1ncc2c1NC(=O)CS[C@H]2c1ccc2c(c1)OCO2. The Balaban J connectivity index is 1.79. The van der Waals surface area contributed by atoms with E-state index in [0.717, 1.165) is 28.4 Å². The van der Waals surface area contributed by atoms with Gasteiger partial charge >= 0.3 is 0 Å². The standard InChI is InChI=1S/C14H13N3O3S/c1-17-14-9(5-15-17)13(21-6-12(18)16-14)8-2-3-10-11(4-8)20-7-19-10/h2-5,13H,6-7H2,1H3,(H,16,18)/t13-/m0/s1. The molecule has 0 spiro atoms. The molecule has 7 heteroatoms. The van der Waals surface area contributed by atoms with E-state index in [1.807, 2.05) is 31.4 Å². The number of rotatable bonds is 1. The summed E-state index contributed by atoms with van der Waals surface area (Å²) in [6, 6.07) is 5.90. The molecule has 6 nitrogen and oxygen atoms in total. The molecule has 108 valence electrons. The summed E-state index contributed by atoms with van der Waals surface area (Å²) in [7, 11) is 1.83. The van der Waals surface area contributed by atoms with E-state index in [4.69, 9.17) is 9.47 Å². The zero-order valence-corrected chi connectivity index (χ0v) is 12.1. The fourth-order valence-electron chi connectivity index (χ4n) is 2.57. The second kappa shape index (κ2) is 4.70. The van der Waals surface area contributed by atoms with Crippen molar-refractivity contribution < 1.29 is 14.3 Å². The van der Waals surface area contributed by atoms with Crippen LogP contribution in [0.5, 0.6) is 11.5 Å². The van der Waals surface area contributed by atoms with Gasteiger partial charge in [0, 0.05) is 12.6 Å². The molecule has 1 amide bonds. The molecule has 2 aromatic rings. The van der Waals surface area contributed by atoms with Crippen LogP contribution in [0, 0.1) is 0 Å². The van der Waals surface area contributed by atoms with Crippen LogP contribution in [0.1, 0.15) is 16.4 Å². The predicted molar refractivity (Wildman–Crippen MR) is 78.7 cm³/mol. The molecule has 0 saturated heterocycles. The maximum absolute atomic E-state index is 11.8. The third-order valence-corrected chi connectivity index (χ3v) is 4.88. The van der Waals surface area contributed by atoms with E-state index in [-0.39, 0.29) is 18.0 Å². The highest BCUT2D eigenvalue weighted by atomic mass is 32.2. The maximum atomic E-state index is 11.8. The number of benzene rings is 1. The van der Waals surface area contributed by atoms with Crippen molar-refractivity contribution in [3.63, 3.8) is 0 Å². The summed E-state index contributed by atoms with van der Waals surface area (Å²) < 4.78 is 12.5. The third kappa shape index (κ3) is 2.04. The van der Waals surface area contributed by atoms with Gasteiger partial charge in [-0.2, -0.15) is 5.10 Å². The molecule has 0 saturated carbocycles. The number of carbonyl (C=O) groups excluding carboxylic acids is 1. The molecular weight excluding hydrogens is 290 g/mol. The maximum Gasteiger partial charge on any atom is 0.235 e. The average molecular weight is 303 g/mol. The Morgan fingerprint density at radius 3 is 3.14 bits per heavy atom. The third-order valence-electron chi connectivity index (χ3n) is 3.59. The van der Waals surface area contributed by atoms with Crippen molar-refractivity contribution in [2.75, 3.05) is 17.9 Å². The zero-order chi connectivity index (χ0) is 14.4. The van der Waals surface area contributed by atoms with Crippen LogP contribution in [0.3, 0.4) is 0 Å². The molecule has 1 atom stereocenters. The van der Waals surface area contributed by atoms with E-state index in [9.17, 15) is 4.79 Å². The Morgan fingerprint density at radius 2 is 2.24 bits per heavy atom. The Labute approximate surface area is 125 Å². The van der Waals surface area contributed by atoms with Crippen LogP contribution in [-0.4, -0.2) is 28.2 Å². The largest absolute Gasteiger partial charge is 0.454 e. The Kier molecular flexibility index (Phi) is 2.81. The molecule has 2 aliphatic heterocycles. The number of carbonyl (C=O) groups is 1. The smallest absolute Gasteiger partial charge is 0.235 e. The van der Waals surface area contributed by atoms with Crippen molar-refractivity contribution in [3.05, 3.63) is 35.5 Å². The van der Waals surface area contributed by atoms with Crippen LogP contribution in [-0.2, 0) is 11.8 Å². The van der Waals surface area contributed by atoms with E-state index in [2.05, 4.69) is 10.4 Å². The topological polar surface area (TPSA) is 65.4 Å². The van der Waals surface area contributed by atoms with Gasteiger partial charge in [-0.25, -0.2) is 0 Å². The molecule has 3 heterocycles. The van der Waals surface area contributed by atoms with Gasteiger partial charge in [-0.05, 0) is 17.7 Å². The van der Waals surface area contributed by atoms with Crippen molar-refractivity contribution in [3.8, 4) is 11.5 Å². The average Bonchev–Trinajstić information content (AvgIpc) is 3.03. The van der Waals surface area contributed by atoms with Gasteiger partial charge in [0.25, 0.3) is 0 Å². The second-order valence-corrected chi connectivity index (χ2v) is 6.02. The van der Waals surface area contributed by atoms with Crippen LogP contribution in [0.15, 0.2) is 24.4 Å². The first-order valence-electron chi connectivity index (χ1n) is 6.55. The molecule has 1 aromatic carbocycles. The van der Waals surface area contributed by atoms with E-state index in [1.165, 1.54) is 0 Å². The lowest BCUT2D eigenvalue weighted by Gasteiger charge is -2.14. The van der Waals surface area contributed by atoms with Gasteiger partial charge in [-0.15, -0.1) is 11.8 Å². The fourth-order valence-corrected chi connectivity index (χ4v) is 3.65. The van der Waals surface area contributed by atoms with Gasteiger partial charge in [0.2, 0.25) is 12.7 Å². The lowest BCUT2D eigenvalue weighted by atomic mass is 10.1. The highest BCUT2D eigenvalue weighted by Gasteiger charge is 2.28. The minimum absolute atomic E-state index is 0.00640. The highest BCUT2D eigenvalue weighted by molar-refractivity contribution is 8.00. The molecular formula is C14H13N3O3S. The van der Waals surface area contributed by atoms with E-state index in [0.29, 0.717) is 5.75 Å². The number of aromatic nitrogens is 2. The van der Waals surface area contributed by atoms with Crippen molar-refractivity contribution in [1.29, 1.82) is 0 Å². The number of hydrogen-bond acceptors (Lipinski definition) is 5. The highest BCUT2D eigenvalue weighted by Crippen LogP contribution is 2.44. The number of thioether (sulfide) groups is 1. The molecule has 4 rings (SSSR count). The molecule has 0 radical (unpaired) electrons. The summed E-state index contributed by atoms with van der Waals surface area (Å²) in [4.78, 5) is 11.8. The first-order valence-corrected chi connectivity index (χ1v) is 7.60. The number of fused-ring (bicyclic) bond motifs is 2. The molecule has 1 N–H and O–H groups in total. The van der Waals surface area contributed by atoms with Crippen LogP contribution < -0.4 is 14.8 Å². The Morgan fingerprint density at radius 1 is 1.38 bits per heavy atom. The van der Waals surface area contributed by atoms with Gasteiger partial charge < -0.3 is 14.8 Å². The summed E-state index contributed by atoms with van der Waals surface area (Å²) in [5, 5.41) is 7.21. The molecule has 1 aromatic heterocycles. The summed E-state index contributed by atoms with van der Waals surface area (Å²) in [5.41, 5.74) is 2.09. The minimum Gasteiger partial charge on any atom is -0.454 e. The van der Waals surface area contributed by atoms with E-state index in [1.54, 1.807) is 16.4 Å². The lowest BCUT2D eigenvalue weighted by Crippen LogP contribution is -2.15. The van der Waals surface area contributed by atoms with Gasteiger partial charge in [-0.1, -0.05) is 6.07 Å². The Hall–Kier alpha value is -2.15. The number of ether oxygens (including phenoxy) is 2. The number of nitrogens with one attached hydrogen (secondary N) is 1. The first-order chi connectivity index (χ1) is 10.2. The van der Waals surface area contributed by atoms with Crippen molar-refractivity contribution in [2.45, 2.75) is 5.25 Å². The lowest BCUT2D eigenvalue weighted by molar-refractivity contribution is -0.113. The van der Waals surface area contributed by atoms with Crippen LogP contribution in [0.4, 0.5) is 5.82 Å². The van der Waals surface area contributed by atoms with Crippen LogP contribution >= 0.6 is 11.8 Å². The summed E-state index contributed by atoms with van der Waals surface area (Å²) in [5.74, 6) is 2.68. The monoisotopic (exact) mass is 303 g/mol. The van der Waals surface area contributed by atoms with Gasteiger partial charge in [-0.3, -0.25) is 9.48 Å². The van der Waals surface area contributed by atoms with E-state index < -0.39 is 0 Å². The summed E-state index contributed by atoms with van der Waals surface area (Å²) >= 11 is 1.58. The Bertz CT molecular complexity index is 728. The number of hydrogen-bond donors (Lipinski definition) is 1. The van der Waals surface area contributed by atoms with Gasteiger partial charge in [0.15, 0.2) is 11.5 Å². The quantitative estimate of drug-likeness (QED) is 0.872. The van der Waals surface area contributed by atoms with Gasteiger partial charge in [0.1, 0.15) is 5.82 Å². The van der Waals surface area contributed by atoms with Gasteiger partial charge in [0.05, 0.1) is 17.2 Å². The van der Waals surface area contributed by atoms with Crippen molar-refractivity contribution in [2.24, 2.45) is 7.05 Å². The van der Waals surface area contributed by atoms with Crippen molar-refractivity contribution >= 4 is 23.5 Å². The second-order valence-electron chi connectivity index (χ2n) is 4.92. The first kappa shape index (κ1) is 12.6. The normalized spacial score (nSPS) is 19.9. The number of nitrogens with zero attached hydrogens (tertiary/aromatic N) is 2. The molecule has 2 aliphatic rings. The van der Waals surface area contributed by atoms with Crippen LogP contribution in [0.25, 0.3) is 0 Å². The minimum atomic E-state index is -0.00640. The van der Waals surface area contributed by atoms with Crippen molar-refractivity contribution in [1.82, 2.24) is 9.78 Å². The fraction of sp³-hybridized carbons (Fsp3) is 0.286. The molecule has 0 bridgehead atoms. The molecule has 0 fully saturated rings. The zero-order valence-electron chi connectivity index (χ0n) is 11.3. The summed E-state index contributed by atoms with van der Waals surface area (Å²) in [6.45, 7) is 0.259.